The molecule has 1 N–H and O–H groups in total. The van der Waals surface area contributed by atoms with E-state index in [0.29, 0.717) is 26.2 Å². The van der Waals surface area contributed by atoms with Crippen molar-refractivity contribution in [3.63, 3.8) is 0 Å². The monoisotopic (exact) mass is 348 g/mol. The van der Waals surface area contributed by atoms with Crippen LogP contribution < -0.4 is 0 Å². The molecule has 0 aromatic heterocycles. The van der Waals surface area contributed by atoms with E-state index in [2.05, 4.69) is 0 Å². The number of benzene rings is 2. The van der Waals surface area contributed by atoms with Gasteiger partial charge in [-0.2, -0.15) is 0 Å². The summed E-state index contributed by atoms with van der Waals surface area (Å²) in [6, 6.07) is 8.37. The molecule has 20 heavy (non-hydrogen) atoms. The van der Waals surface area contributed by atoms with Crippen molar-refractivity contribution < 1.29 is 9.90 Å². The molecule has 6 heteroatoms. The number of hydrogen-bond donors (Lipinski definition) is 1. The highest BCUT2D eigenvalue weighted by Gasteiger charge is 2.11. The highest BCUT2D eigenvalue weighted by molar-refractivity contribution is 6.48. The van der Waals surface area contributed by atoms with Crippen molar-refractivity contribution >= 4 is 52.4 Å². The second-order valence-electron chi connectivity index (χ2n) is 4.14. The molecule has 2 aromatic rings. The molecule has 2 rings (SSSR count). The van der Waals surface area contributed by atoms with E-state index in [4.69, 9.17) is 51.5 Å². The minimum Gasteiger partial charge on any atom is -0.481 e. The van der Waals surface area contributed by atoms with Crippen LogP contribution in [-0.2, 0) is 11.2 Å². The summed E-state index contributed by atoms with van der Waals surface area (Å²) in [5, 5.41) is 10.1. The lowest BCUT2D eigenvalue weighted by Crippen LogP contribution is -1.99. The Kier molecular flexibility index (Phi) is 4.82. The minimum absolute atomic E-state index is 0.0812. The van der Waals surface area contributed by atoms with Crippen LogP contribution in [0.4, 0.5) is 0 Å². The number of carboxylic acid groups (broad SMARTS) is 1. The van der Waals surface area contributed by atoms with Crippen LogP contribution in [0.3, 0.4) is 0 Å². The van der Waals surface area contributed by atoms with Gasteiger partial charge in [-0.3, -0.25) is 4.79 Å². The first-order valence-electron chi connectivity index (χ1n) is 5.53. The zero-order valence-electron chi connectivity index (χ0n) is 9.96. The Hall–Kier alpha value is -0.930. The maximum atomic E-state index is 10.7. The van der Waals surface area contributed by atoms with E-state index in [1.807, 2.05) is 0 Å². The molecule has 2 aromatic carbocycles. The Morgan fingerprint density at radius 2 is 1.55 bits per heavy atom. The Bertz CT molecular complexity index is 660. The van der Waals surface area contributed by atoms with Gasteiger partial charge < -0.3 is 5.11 Å². The Labute approximate surface area is 135 Å². The quantitative estimate of drug-likeness (QED) is 0.733. The minimum atomic E-state index is -0.911. The number of aliphatic carboxylic acids is 1. The maximum Gasteiger partial charge on any atom is 0.307 e. The van der Waals surface area contributed by atoms with Crippen LogP contribution in [0, 0.1) is 0 Å². The van der Waals surface area contributed by atoms with Gasteiger partial charge in [0, 0.05) is 10.6 Å². The average Bonchev–Trinajstić information content (AvgIpc) is 2.34. The van der Waals surface area contributed by atoms with Gasteiger partial charge in [0.15, 0.2) is 0 Å². The SMILES string of the molecule is O=C(O)Cc1ccc(-c2cc(Cl)c(Cl)c(Cl)c2)c(Cl)c1. The maximum absolute atomic E-state index is 10.7. The number of carboxylic acids is 1. The van der Waals surface area contributed by atoms with Gasteiger partial charge in [-0.05, 0) is 29.3 Å². The molecule has 0 heterocycles. The van der Waals surface area contributed by atoms with E-state index in [1.165, 1.54) is 0 Å². The summed E-state index contributed by atoms with van der Waals surface area (Å²) in [4.78, 5) is 10.7. The van der Waals surface area contributed by atoms with Crippen LogP contribution in [-0.4, -0.2) is 11.1 Å². The van der Waals surface area contributed by atoms with E-state index in [9.17, 15) is 4.79 Å². The summed E-state index contributed by atoms with van der Waals surface area (Å²) in [5.41, 5.74) is 2.05. The third-order valence-electron chi connectivity index (χ3n) is 2.68. The molecular formula is C14H8Cl4O2. The fourth-order valence-corrected chi connectivity index (χ4v) is 2.70. The molecule has 0 saturated carbocycles. The fraction of sp³-hybridized carbons (Fsp3) is 0.0714. The standard InChI is InChI=1S/C14H8Cl4O2/c15-10-3-7(4-13(19)20)1-2-9(10)8-5-11(16)14(18)12(17)6-8/h1-3,5-6H,4H2,(H,19,20). The predicted molar refractivity (Wildman–Crippen MR) is 83.3 cm³/mol. The summed E-state index contributed by atoms with van der Waals surface area (Å²) in [7, 11) is 0. The lowest BCUT2D eigenvalue weighted by Gasteiger charge is -2.09. The first-order chi connectivity index (χ1) is 9.38. The first-order valence-corrected chi connectivity index (χ1v) is 7.05. The molecule has 0 radical (unpaired) electrons. The zero-order valence-corrected chi connectivity index (χ0v) is 13.0. The number of carbonyl (C=O) groups is 1. The third kappa shape index (κ3) is 3.39. The molecular weight excluding hydrogens is 342 g/mol. The van der Waals surface area contributed by atoms with Crippen molar-refractivity contribution in [2.24, 2.45) is 0 Å². The van der Waals surface area contributed by atoms with Crippen molar-refractivity contribution in [3.05, 3.63) is 56.0 Å². The smallest absolute Gasteiger partial charge is 0.307 e. The van der Waals surface area contributed by atoms with Crippen molar-refractivity contribution in [2.75, 3.05) is 0 Å². The first kappa shape index (κ1) is 15.5. The second-order valence-corrected chi connectivity index (χ2v) is 5.74. The molecule has 0 fully saturated rings. The van der Waals surface area contributed by atoms with Gasteiger partial charge in [0.25, 0.3) is 0 Å². The average molecular weight is 350 g/mol. The fourth-order valence-electron chi connectivity index (χ4n) is 1.79. The van der Waals surface area contributed by atoms with Gasteiger partial charge >= 0.3 is 5.97 Å². The van der Waals surface area contributed by atoms with Crippen LogP contribution >= 0.6 is 46.4 Å². The van der Waals surface area contributed by atoms with Gasteiger partial charge in [-0.15, -0.1) is 0 Å². The third-order valence-corrected chi connectivity index (χ3v) is 4.19. The van der Waals surface area contributed by atoms with Gasteiger partial charge in [-0.1, -0.05) is 58.5 Å². The van der Waals surface area contributed by atoms with Crippen molar-refractivity contribution in [1.29, 1.82) is 0 Å². The van der Waals surface area contributed by atoms with Crippen LogP contribution in [0.15, 0.2) is 30.3 Å². The largest absolute Gasteiger partial charge is 0.481 e. The normalized spacial score (nSPS) is 10.6. The summed E-state index contributed by atoms with van der Waals surface area (Å²) in [6.45, 7) is 0. The zero-order chi connectivity index (χ0) is 14.9. The lowest BCUT2D eigenvalue weighted by molar-refractivity contribution is -0.136. The summed E-state index contributed by atoms with van der Waals surface area (Å²) in [5.74, 6) is -0.911. The van der Waals surface area contributed by atoms with Gasteiger partial charge in [0.2, 0.25) is 0 Å². The molecule has 0 unspecified atom stereocenters. The topological polar surface area (TPSA) is 37.3 Å². The summed E-state index contributed by atoms with van der Waals surface area (Å²) < 4.78 is 0. The van der Waals surface area contributed by atoms with Gasteiger partial charge in [0.1, 0.15) is 0 Å². The van der Waals surface area contributed by atoms with Crippen LogP contribution in [0.5, 0.6) is 0 Å². The van der Waals surface area contributed by atoms with Crippen LogP contribution in [0.1, 0.15) is 5.56 Å². The summed E-state index contributed by atoms with van der Waals surface area (Å²) in [6.07, 6.45) is -0.0812. The molecule has 0 aliphatic heterocycles. The van der Waals surface area contributed by atoms with Crippen LogP contribution in [0.2, 0.25) is 20.1 Å². The van der Waals surface area contributed by atoms with Crippen molar-refractivity contribution in [1.82, 2.24) is 0 Å². The molecule has 0 bridgehead atoms. The lowest BCUT2D eigenvalue weighted by atomic mass is 10.0. The molecule has 0 amide bonds. The molecule has 0 saturated heterocycles. The van der Waals surface area contributed by atoms with E-state index in [-0.39, 0.29) is 11.4 Å². The van der Waals surface area contributed by atoms with Crippen molar-refractivity contribution in [2.45, 2.75) is 6.42 Å². The van der Waals surface area contributed by atoms with Gasteiger partial charge in [-0.25, -0.2) is 0 Å². The molecule has 0 spiro atoms. The Morgan fingerprint density at radius 1 is 0.950 bits per heavy atom. The Balaban J connectivity index is 2.46. The second kappa shape index (κ2) is 6.23. The van der Waals surface area contributed by atoms with Crippen molar-refractivity contribution in [3.8, 4) is 11.1 Å². The van der Waals surface area contributed by atoms with E-state index >= 15 is 0 Å². The number of rotatable bonds is 3. The van der Waals surface area contributed by atoms with E-state index in [1.54, 1.807) is 30.3 Å². The Morgan fingerprint density at radius 3 is 2.05 bits per heavy atom. The van der Waals surface area contributed by atoms with Gasteiger partial charge in [0.05, 0.1) is 21.5 Å². The van der Waals surface area contributed by atoms with E-state index < -0.39 is 5.97 Å². The molecule has 0 aliphatic rings. The molecule has 0 atom stereocenters. The number of hydrogen-bond acceptors (Lipinski definition) is 1. The molecule has 0 aliphatic carbocycles. The highest BCUT2D eigenvalue weighted by Crippen LogP contribution is 2.37. The molecule has 104 valence electrons. The van der Waals surface area contributed by atoms with Crippen LogP contribution in [0.25, 0.3) is 11.1 Å². The number of halogens is 4. The highest BCUT2D eigenvalue weighted by atomic mass is 35.5. The van der Waals surface area contributed by atoms with E-state index in [0.717, 1.165) is 5.56 Å². The predicted octanol–water partition coefficient (Wildman–Crippen LogP) is 5.59. The molecule has 2 nitrogen and oxygen atoms in total. The summed E-state index contributed by atoms with van der Waals surface area (Å²) >= 11 is 24.0.